The van der Waals surface area contributed by atoms with Gasteiger partial charge in [-0.3, -0.25) is 19.7 Å². The first-order chi connectivity index (χ1) is 12.3. The number of carbonyl (C=O) groups is 2. The maximum Gasteiger partial charge on any atom is 0.302 e. The number of halogens is 1. The van der Waals surface area contributed by atoms with Gasteiger partial charge in [0.2, 0.25) is 0 Å². The van der Waals surface area contributed by atoms with Crippen LogP contribution in [0.15, 0.2) is 46.2 Å². The lowest BCUT2D eigenvalue weighted by Crippen LogP contribution is -2.18. The Balaban J connectivity index is 2.39. The van der Waals surface area contributed by atoms with Gasteiger partial charge in [0, 0.05) is 28.5 Å². The van der Waals surface area contributed by atoms with Crippen LogP contribution in [0.5, 0.6) is 0 Å². The van der Waals surface area contributed by atoms with E-state index < -0.39 is 10.9 Å². The number of benzene rings is 2. The van der Waals surface area contributed by atoms with Crippen LogP contribution in [0.3, 0.4) is 0 Å². The third kappa shape index (κ3) is 5.18. The molecule has 0 fully saturated rings. The standard InChI is InChI=1S/C17H15IN2O5S/c1-10(21)25-9-11-3-5-16(14(7-11)20(23)24)26-15-6-4-12(18)8-13(15)17(22)19-2/h3-8H,9H2,1-2H3,(H,19,22). The maximum atomic E-state index is 12.1. The molecule has 0 aliphatic carbocycles. The second kappa shape index (κ2) is 8.99. The van der Waals surface area contributed by atoms with Gasteiger partial charge in [0.05, 0.1) is 15.4 Å². The summed E-state index contributed by atoms with van der Waals surface area (Å²) in [5.74, 6) is -0.722. The van der Waals surface area contributed by atoms with Crippen LogP contribution in [-0.4, -0.2) is 23.8 Å². The van der Waals surface area contributed by atoms with E-state index in [9.17, 15) is 19.7 Å². The third-order valence-corrected chi connectivity index (χ3v) is 5.11. The van der Waals surface area contributed by atoms with Gasteiger partial charge in [-0.25, -0.2) is 0 Å². The maximum absolute atomic E-state index is 12.1. The zero-order valence-electron chi connectivity index (χ0n) is 13.9. The Labute approximate surface area is 167 Å². The molecule has 7 nitrogen and oxygen atoms in total. The number of carbonyl (C=O) groups excluding carboxylic acids is 2. The summed E-state index contributed by atoms with van der Waals surface area (Å²) in [6.07, 6.45) is 0. The first-order valence-electron chi connectivity index (χ1n) is 7.42. The van der Waals surface area contributed by atoms with Crippen LogP contribution in [0.4, 0.5) is 5.69 Å². The number of amides is 1. The number of rotatable bonds is 6. The first-order valence-corrected chi connectivity index (χ1v) is 9.31. The fourth-order valence-corrected chi connectivity index (χ4v) is 3.59. The van der Waals surface area contributed by atoms with Crippen LogP contribution < -0.4 is 5.32 Å². The van der Waals surface area contributed by atoms with E-state index in [0.29, 0.717) is 20.9 Å². The van der Waals surface area contributed by atoms with Crippen molar-refractivity contribution in [1.82, 2.24) is 5.32 Å². The normalized spacial score (nSPS) is 10.3. The molecule has 0 saturated carbocycles. The summed E-state index contributed by atoms with van der Waals surface area (Å²) in [5, 5.41) is 14.0. The van der Waals surface area contributed by atoms with Gasteiger partial charge in [-0.05, 0) is 52.4 Å². The lowest BCUT2D eigenvalue weighted by Gasteiger charge is -2.10. The van der Waals surface area contributed by atoms with Crippen molar-refractivity contribution >= 4 is 51.9 Å². The van der Waals surface area contributed by atoms with Gasteiger partial charge < -0.3 is 10.1 Å². The number of nitrogens with one attached hydrogen (secondary N) is 1. The molecule has 0 unspecified atom stereocenters. The minimum atomic E-state index is -0.494. The van der Waals surface area contributed by atoms with Crippen molar-refractivity contribution in [2.45, 2.75) is 23.3 Å². The molecular formula is C17H15IN2O5S. The fourth-order valence-electron chi connectivity index (χ4n) is 2.09. The highest BCUT2D eigenvalue weighted by atomic mass is 127. The Morgan fingerprint density at radius 3 is 2.54 bits per heavy atom. The van der Waals surface area contributed by atoms with Crippen LogP contribution in [0.2, 0.25) is 0 Å². The van der Waals surface area contributed by atoms with Crippen LogP contribution in [0.1, 0.15) is 22.8 Å². The summed E-state index contributed by atoms with van der Waals surface area (Å²) < 4.78 is 5.76. The van der Waals surface area contributed by atoms with Crippen molar-refractivity contribution in [2.24, 2.45) is 0 Å². The topological polar surface area (TPSA) is 98.5 Å². The fraction of sp³-hybridized carbons (Fsp3) is 0.176. The number of hydrogen-bond donors (Lipinski definition) is 1. The van der Waals surface area contributed by atoms with Crippen LogP contribution >= 0.6 is 34.4 Å². The molecule has 0 heterocycles. The number of hydrogen-bond acceptors (Lipinski definition) is 6. The molecule has 0 spiro atoms. The Hall–Kier alpha value is -2.14. The zero-order chi connectivity index (χ0) is 19.3. The molecule has 9 heteroatoms. The third-order valence-electron chi connectivity index (χ3n) is 3.30. The number of nitrogens with zero attached hydrogens (tertiary/aromatic N) is 1. The highest BCUT2D eigenvalue weighted by molar-refractivity contribution is 14.1. The van der Waals surface area contributed by atoms with Crippen molar-refractivity contribution in [1.29, 1.82) is 0 Å². The molecule has 0 bridgehead atoms. The number of ether oxygens (including phenoxy) is 1. The molecule has 1 N–H and O–H groups in total. The van der Waals surface area contributed by atoms with E-state index in [4.69, 9.17) is 4.74 Å². The number of nitro benzene ring substituents is 1. The average Bonchev–Trinajstić information content (AvgIpc) is 2.61. The summed E-state index contributed by atoms with van der Waals surface area (Å²) >= 11 is 3.24. The van der Waals surface area contributed by atoms with Crippen LogP contribution in [0, 0.1) is 13.7 Å². The number of esters is 1. The monoisotopic (exact) mass is 486 g/mol. The average molecular weight is 486 g/mol. The molecule has 0 aromatic heterocycles. The minimum Gasteiger partial charge on any atom is -0.461 e. The largest absolute Gasteiger partial charge is 0.461 e. The highest BCUT2D eigenvalue weighted by Crippen LogP contribution is 2.37. The van der Waals surface area contributed by atoms with Crippen molar-refractivity contribution in [3.8, 4) is 0 Å². The van der Waals surface area contributed by atoms with Gasteiger partial charge in [0.15, 0.2) is 0 Å². The van der Waals surface area contributed by atoms with Crippen molar-refractivity contribution < 1.29 is 19.2 Å². The molecule has 2 aromatic rings. The Bertz CT molecular complexity index is 872. The predicted octanol–water partition coefficient (Wildman–Crippen LogP) is 3.77. The summed E-state index contributed by atoms with van der Waals surface area (Å²) in [6.45, 7) is 1.24. The summed E-state index contributed by atoms with van der Waals surface area (Å²) in [4.78, 5) is 34.9. The van der Waals surface area contributed by atoms with Crippen molar-refractivity contribution in [3.05, 3.63) is 61.2 Å². The molecule has 0 aliphatic rings. The predicted molar refractivity (Wildman–Crippen MR) is 105 cm³/mol. The SMILES string of the molecule is CNC(=O)c1cc(I)ccc1Sc1ccc(COC(C)=O)cc1[N+](=O)[O-]. The van der Waals surface area contributed by atoms with E-state index in [1.54, 1.807) is 24.3 Å². The molecule has 1 amide bonds. The summed E-state index contributed by atoms with van der Waals surface area (Å²) in [5.41, 5.74) is 0.856. The Kier molecular flexibility index (Phi) is 6.98. The van der Waals surface area contributed by atoms with Gasteiger partial charge >= 0.3 is 5.97 Å². The Morgan fingerprint density at radius 2 is 1.92 bits per heavy atom. The molecule has 0 aliphatic heterocycles. The molecule has 0 radical (unpaired) electrons. The van der Waals surface area contributed by atoms with E-state index >= 15 is 0 Å². The van der Waals surface area contributed by atoms with Crippen LogP contribution in [-0.2, 0) is 16.1 Å². The van der Waals surface area contributed by atoms with E-state index in [1.165, 1.54) is 20.0 Å². The molecular weight excluding hydrogens is 471 g/mol. The smallest absolute Gasteiger partial charge is 0.302 e. The second-order valence-electron chi connectivity index (χ2n) is 5.16. The van der Waals surface area contributed by atoms with Gasteiger partial charge in [0.1, 0.15) is 6.61 Å². The molecule has 0 atom stereocenters. The number of nitro groups is 1. The summed E-state index contributed by atoms with van der Waals surface area (Å²) in [7, 11) is 1.53. The van der Waals surface area contributed by atoms with E-state index in [1.807, 2.05) is 6.07 Å². The quantitative estimate of drug-likeness (QED) is 0.289. The summed E-state index contributed by atoms with van der Waals surface area (Å²) in [6, 6.07) is 9.93. The van der Waals surface area contributed by atoms with Gasteiger partial charge in [-0.15, -0.1) is 0 Å². The van der Waals surface area contributed by atoms with E-state index in [2.05, 4.69) is 27.9 Å². The first kappa shape index (κ1) is 20.2. The minimum absolute atomic E-state index is 0.0336. The van der Waals surface area contributed by atoms with Gasteiger partial charge in [0.25, 0.3) is 11.6 Å². The van der Waals surface area contributed by atoms with Gasteiger partial charge in [-0.1, -0.05) is 17.8 Å². The van der Waals surface area contributed by atoms with Crippen molar-refractivity contribution in [2.75, 3.05) is 7.05 Å². The van der Waals surface area contributed by atoms with E-state index in [0.717, 1.165) is 15.3 Å². The highest BCUT2D eigenvalue weighted by Gasteiger charge is 2.19. The second-order valence-corrected chi connectivity index (χ2v) is 7.49. The van der Waals surface area contributed by atoms with Gasteiger partial charge in [-0.2, -0.15) is 0 Å². The molecule has 26 heavy (non-hydrogen) atoms. The Morgan fingerprint density at radius 1 is 1.23 bits per heavy atom. The lowest BCUT2D eigenvalue weighted by atomic mass is 10.2. The van der Waals surface area contributed by atoms with Crippen molar-refractivity contribution in [3.63, 3.8) is 0 Å². The molecule has 2 rings (SSSR count). The molecule has 136 valence electrons. The molecule has 2 aromatic carbocycles. The zero-order valence-corrected chi connectivity index (χ0v) is 16.9. The lowest BCUT2D eigenvalue weighted by molar-refractivity contribution is -0.387. The molecule has 0 saturated heterocycles. The van der Waals surface area contributed by atoms with Crippen LogP contribution in [0.25, 0.3) is 0 Å². The van der Waals surface area contributed by atoms with E-state index in [-0.39, 0.29) is 18.2 Å².